The van der Waals surface area contributed by atoms with Crippen LogP contribution in [-0.4, -0.2) is 47.0 Å². The molecular formula is C34H38N4O8. The number of hydrogen-bond acceptors (Lipinski definition) is 8. The van der Waals surface area contributed by atoms with Gasteiger partial charge in [-0.05, 0) is 103 Å². The van der Waals surface area contributed by atoms with Crippen LogP contribution >= 0.6 is 0 Å². The van der Waals surface area contributed by atoms with Crippen molar-refractivity contribution < 1.29 is 38.2 Å². The molecule has 4 unspecified atom stereocenters. The van der Waals surface area contributed by atoms with E-state index in [1.807, 2.05) is 0 Å². The second kappa shape index (κ2) is 11.0. The van der Waals surface area contributed by atoms with Gasteiger partial charge in [0.05, 0.1) is 11.4 Å². The fourth-order valence-electron chi connectivity index (χ4n) is 7.55. The fraction of sp³-hybridized carbons (Fsp3) is 0.471. The molecule has 2 heterocycles. The van der Waals surface area contributed by atoms with Crippen molar-refractivity contribution in [2.45, 2.75) is 65.6 Å². The summed E-state index contributed by atoms with van der Waals surface area (Å²) in [5, 5.41) is 5.28. The van der Waals surface area contributed by atoms with Crippen LogP contribution in [0.1, 0.15) is 54.4 Å². The quantitative estimate of drug-likeness (QED) is 0.340. The Morgan fingerprint density at radius 3 is 1.24 bits per heavy atom. The van der Waals surface area contributed by atoms with Gasteiger partial charge in [0.25, 0.3) is 0 Å². The summed E-state index contributed by atoms with van der Waals surface area (Å²) in [6, 6.07) is 12.8. The van der Waals surface area contributed by atoms with E-state index < -0.39 is 82.5 Å². The topological polar surface area (TPSA) is 151 Å². The molecule has 4 fully saturated rings. The fourth-order valence-corrected chi connectivity index (χ4v) is 7.55. The van der Waals surface area contributed by atoms with Crippen molar-refractivity contribution in [3.63, 3.8) is 0 Å². The molecule has 0 aromatic heterocycles. The smallest absolute Gasteiger partial charge is 0.412 e. The molecule has 6 amide bonds. The van der Waals surface area contributed by atoms with Gasteiger partial charge < -0.3 is 9.47 Å². The van der Waals surface area contributed by atoms with Crippen LogP contribution in [0.15, 0.2) is 48.5 Å². The summed E-state index contributed by atoms with van der Waals surface area (Å²) >= 11 is 0. The summed E-state index contributed by atoms with van der Waals surface area (Å²) in [7, 11) is 0. The molecule has 12 nitrogen and oxygen atoms in total. The number of carbonyl (C=O) groups is 6. The molecule has 0 spiro atoms. The maximum Gasteiger partial charge on any atom is 0.412 e. The Balaban J connectivity index is 1.24. The van der Waals surface area contributed by atoms with Gasteiger partial charge in [-0.3, -0.25) is 39.6 Å². The number of carbonyl (C=O) groups excluding carboxylic acids is 6. The van der Waals surface area contributed by atoms with Crippen molar-refractivity contribution in [2.24, 2.45) is 35.5 Å². The molecule has 242 valence electrons. The molecular weight excluding hydrogens is 592 g/mol. The summed E-state index contributed by atoms with van der Waals surface area (Å²) in [5.74, 6) is -4.99. The van der Waals surface area contributed by atoms with E-state index in [9.17, 15) is 28.8 Å². The lowest BCUT2D eigenvalue weighted by molar-refractivity contribution is -0.136. The van der Waals surface area contributed by atoms with Crippen molar-refractivity contribution in [2.75, 3.05) is 20.4 Å². The predicted octanol–water partition coefficient (Wildman–Crippen LogP) is 5.33. The van der Waals surface area contributed by atoms with E-state index in [-0.39, 0.29) is 0 Å². The van der Waals surface area contributed by atoms with Crippen LogP contribution < -0.4 is 20.4 Å². The van der Waals surface area contributed by atoms with Crippen LogP contribution in [0.25, 0.3) is 0 Å². The molecule has 4 aliphatic rings. The molecule has 2 saturated carbocycles. The van der Waals surface area contributed by atoms with Gasteiger partial charge in [0.15, 0.2) is 0 Å². The van der Waals surface area contributed by atoms with E-state index in [2.05, 4.69) is 10.6 Å². The molecule has 2 N–H and O–H groups in total. The number of nitrogens with zero attached hydrogens (tertiary/aromatic N) is 2. The van der Waals surface area contributed by atoms with Crippen molar-refractivity contribution in [1.82, 2.24) is 0 Å². The number of fused-ring (bicyclic) bond motifs is 9. The zero-order chi connectivity index (χ0) is 33.3. The Kier molecular flexibility index (Phi) is 7.44. The second-order valence-corrected chi connectivity index (χ2v) is 14.4. The number of amides is 6. The highest BCUT2D eigenvalue weighted by Crippen LogP contribution is 2.62. The minimum Gasteiger partial charge on any atom is -0.444 e. The summed E-state index contributed by atoms with van der Waals surface area (Å²) < 4.78 is 10.6. The van der Waals surface area contributed by atoms with Gasteiger partial charge in [0, 0.05) is 35.0 Å². The van der Waals surface area contributed by atoms with E-state index in [1.165, 1.54) is 12.1 Å². The molecule has 4 atom stereocenters. The predicted molar refractivity (Wildman–Crippen MR) is 168 cm³/mol. The normalized spacial score (nSPS) is 27.0. The molecule has 2 aliphatic heterocycles. The molecule has 12 heteroatoms. The maximum absolute atomic E-state index is 14.0. The van der Waals surface area contributed by atoms with Gasteiger partial charge in [-0.2, -0.15) is 0 Å². The number of benzene rings is 2. The first kappa shape index (κ1) is 31.3. The van der Waals surface area contributed by atoms with Gasteiger partial charge in [-0.25, -0.2) is 9.59 Å². The van der Waals surface area contributed by atoms with Gasteiger partial charge in [-0.1, -0.05) is 12.1 Å². The SMILES string of the molecule is CC(C)(C)OC(=O)Nc1cccc(N2C(=O)C3CC(C2=O)C2C4CC(C(=O)N(c5cccc(NC(=O)OC(C)(C)C)c5)C4=O)C32)c1. The first-order valence-corrected chi connectivity index (χ1v) is 15.5. The third-order valence-electron chi connectivity index (χ3n) is 8.97. The van der Waals surface area contributed by atoms with Gasteiger partial charge in [0.2, 0.25) is 23.6 Å². The third-order valence-corrected chi connectivity index (χ3v) is 8.97. The third kappa shape index (κ3) is 5.60. The molecule has 2 saturated heterocycles. The summed E-state index contributed by atoms with van der Waals surface area (Å²) in [4.78, 5) is 82.8. The van der Waals surface area contributed by atoms with Gasteiger partial charge in [-0.15, -0.1) is 0 Å². The van der Waals surface area contributed by atoms with Crippen LogP contribution in [0.4, 0.5) is 32.3 Å². The average Bonchev–Trinajstić information content (AvgIpc) is 3.46. The lowest BCUT2D eigenvalue weighted by atomic mass is 9.82. The number of ether oxygens (including phenoxy) is 2. The molecule has 46 heavy (non-hydrogen) atoms. The minimum atomic E-state index is -0.709. The van der Waals surface area contributed by atoms with Gasteiger partial charge in [0.1, 0.15) is 11.2 Å². The second-order valence-electron chi connectivity index (χ2n) is 14.4. The first-order valence-electron chi connectivity index (χ1n) is 15.5. The number of piperidine rings is 2. The lowest BCUT2D eigenvalue weighted by Crippen LogP contribution is -2.52. The molecule has 0 radical (unpaired) electrons. The Labute approximate surface area is 266 Å². The lowest BCUT2D eigenvalue weighted by Gasteiger charge is -2.36. The highest BCUT2D eigenvalue weighted by Gasteiger charge is 2.68. The van der Waals surface area contributed by atoms with Crippen molar-refractivity contribution in [3.05, 3.63) is 48.5 Å². The Morgan fingerprint density at radius 1 is 0.609 bits per heavy atom. The average molecular weight is 631 g/mol. The molecule has 2 aromatic rings. The van der Waals surface area contributed by atoms with Crippen LogP contribution in [0.3, 0.4) is 0 Å². The molecule has 2 aliphatic carbocycles. The Bertz CT molecular complexity index is 1490. The first-order chi connectivity index (χ1) is 21.5. The summed E-state index contributed by atoms with van der Waals surface area (Å²) in [6.07, 6.45) is -0.753. The number of nitrogens with one attached hydrogen (secondary N) is 2. The zero-order valence-corrected chi connectivity index (χ0v) is 26.7. The Hall–Kier alpha value is -4.74. The van der Waals surface area contributed by atoms with E-state index in [0.29, 0.717) is 35.6 Å². The molecule has 2 aromatic carbocycles. The monoisotopic (exact) mass is 630 g/mol. The Morgan fingerprint density at radius 2 is 0.935 bits per heavy atom. The van der Waals surface area contributed by atoms with E-state index in [0.717, 1.165) is 9.80 Å². The number of imide groups is 2. The summed E-state index contributed by atoms with van der Waals surface area (Å²) in [5.41, 5.74) is -0.105. The van der Waals surface area contributed by atoms with Crippen LogP contribution in [0.2, 0.25) is 0 Å². The molecule has 6 rings (SSSR count). The minimum absolute atomic E-state index is 0.294. The van der Waals surface area contributed by atoms with Crippen LogP contribution in [0, 0.1) is 35.5 Å². The van der Waals surface area contributed by atoms with E-state index >= 15 is 0 Å². The maximum atomic E-state index is 14.0. The van der Waals surface area contributed by atoms with E-state index in [4.69, 9.17) is 9.47 Å². The van der Waals surface area contributed by atoms with E-state index in [1.54, 1.807) is 77.9 Å². The highest BCUT2D eigenvalue weighted by molar-refractivity contribution is 6.22. The number of anilines is 4. The molecule has 4 bridgehead atoms. The van der Waals surface area contributed by atoms with Crippen LogP contribution in [0.5, 0.6) is 0 Å². The van der Waals surface area contributed by atoms with Gasteiger partial charge >= 0.3 is 12.2 Å². The van der Waals surface area contributed by atoms with Crippen molar-refractivity contribution in [1.29, 1.82) is 0 Å². The number of hydrogen-bond donors (Lipinski definition) is 2. The van der Waals surface area contributed by atoms with Crippen molar-refractivity contribution in [3.8, 4) is 0 Å². The van der Waals surface area contributed by atoms with Crippen LogP contribution in [-0.2, 0) is 28.7 Å². The standard InChI is InChI=1S/C34H38N4O8/c1-33(2,3)45-31(43)35-17-9-7-11-19(13-17)37-27(39)21-15-22(28(37)40)26-24-16-23(25(21)26)29(41)38(30(24)42)20-12-8-10-18(14-20)36-32(44)46-34(4,5)6/h7-14,21-26H,15-16H2,1-6H3,(H,35,43)(H,36,44). The van der Waals surface area contributed by atoms with Crippen molar-refractivity contribution >= 4 is 58.6 Å². The highest BCUT2D eigenvalue weighted by atomic mass is 16.6. The summed E-state index contributed by atoms with van der Waals surface area (Å²) in [6.45, 7) is 10.5. The number of rotatable bonds is 4. The largest absolute Gasteiger partial charge is 0.444 e. The zero-order valence-electron chi connectivity index (χ0n) is 26.7.